The Labute approximate surface area is 109 Å². The number of rotatable bonds is 6. The van der Waals surface area contributed by atoms with E-state index in [2.05, 4.69) is 25.4 Å². The van der Waals surface area contributed by atoms with Crippen LogP contribution in [0.4, 0.5) is 5.82 Å². The Morgan fingerprint density at radius 2 is 2.21 bits per heavy atom. The van der Waals surface area contributed by atoms with Gasteiger partial charge in [-0.15, -0.1) is 5.10 Å². The van der Waals surface area contributed by atoms with Gasteiger partial charge < -0.3 is 5.43 Å². The molecule has 19 heavy (non-hydrogen) atoms. The van der Waals surface area contributed by atoms with E-state index in [9.17, 15) is 8.42 Å². The maximum Gasteiger partial charge on any atom is 0.242 e. The van der Waals surface area contributed by atoms with Gasteiger partial charge in [0.15, 0.2) is 0 Å². The Hall–Kier alpha value is -2.04. The Kier molecular flexibility index (Phi) is 4.04. The van der Waals surface area contributed by atoms with Gasteiger partial charge in [0, 0.05) is 18.9 Å². The highest BCUT2D eigenvalue weighted by atomic mass is 32.2. The molecule has 2 aromatic rings. The normalized spacial score (nSPS) is 11.4. The van der Waals surface area contributed by atoms with E-state index in [0.29, 0.717) is 12.4 Å². The fourth-order valence-electron chi connectivity index (χ4n) is 1.35. The summed E-state index contributed by atoms with van der Waals surface area (Å²) in [4.78, 5) is 3.91. The van der Waals surface area contributed by atoms with Crippen molar-refractivity contribution in [1.29, 1.82) is 0 Å². The van der Waals surface area contributed by atoms with Crippen molar-refractivity contribution in [3.63, 3.8) is 0 Å². The molecule has 0 saturated heterocycles. The third kappa shape index (κ3) is 3.47. The van der Waals surface area contributed by atoms with Crippen molar-refractivity contribution in [3.05, 3.63) is 30.7 Å². The Morgan fingerprint density at radius 3 is 2.79 bits per heavy atom. The first-order valence-electron chi connectivity index (χ1n) is 5.38. The Balaban J connectivity index is 1.97. The number of hydrazine groups is 1. The van der Waals surface area contributed by atoms with Gasteiger partial charge in [-0.2, -0.15) is 0 Å². The number of aromatic nitrogens is 4. The van der Waals surface area contributed by atoms with Gasteiger partial charge in [0.2, 0.25) is 10.0 Å². The van der Waals surface area contributed by atoms with Gasteiger partial charge in [-0.1, -0.05) is 5.21 Å². The standard InChI is InChI=1S/C9H13N7O2S/c10-14-9-2-1-8(7-11-9)19(17,18)13-4-6-16-5-3-12-15-16/h1-3,5,7,13H,4,6,10H2,(H,11,14). The number of nitrogens with one attached hydrogen (secondary N) is 2. The molecule has 0 radical (unpaired) electrons. The van der Waals surface area contributed by atoms with E-state index in [1.807, 2.05) is 0 Å². The first-order valence-corrected chi connectivity index (χ1v) is 6.86. The van der Waals surface area contributed by atoms with Crippen LogP contribution in [-0.2, 0) is 16.6 Å². The van der Waals surface area contributed by atoms with E-state index >= 15 is 0 Å². The molecular weight excluding hydrogens is 270 g/mol. The lowest BCUT2D eigenvalue weighted by atomic mass is 10.5. The van der Waals surface area contributed by atoms with E-state index in [0.717, 1.165) is 0 Å². The SMILES string of the molecule is NNc1ccc(S(=O)(=O)NCCn2ccnn2)cn1. The number of sulfonamides is 1. The highest BCUT2D eigenvalue weighted by molar-refractivity contribution is 7.89. The van der Waals surface area contributed by atoms with Crippen LogP contribution in [0.1, 0.15) is 0 Å². The summed E-state index contributed by atoms with van der Waals surface area (Å²) in [6, 6.07) is 2.89. The molecule has 0 fully saturated rings. The summed E-state index contributed by atoms with van der Waals surface area (Å²) in [5.41, 5.74) is 2.32. The van der Waals surface area contributed by atoms with Crippen molar-refractivity contribution in [2.75, 3.05) is 12.0 Å². The average Bonchev–Trinajstić information content (AvgIpc) is 2.92. The van der Waals surface area contributed by atoms with Crippen LogP contribution < -0.4 is 16.0 Å². The van der Waals surface area contributed by atoms with E-state index in [4.69, 9.17) is 5.84 Å². The minimum atomic E-state index is -3.58. The largest absolute Gasteiger partial charge is 0.308 e. The Morgan fingerprint density at radius 1 is 1.37 bits per heavy atom. The average molecular weight is 283 g/mol. The lowest BCUT2D eigenvalue weighted by Crippen LogP contribution is -2.27. The van der Waals surface area contributed by atoms with Crippen molar-refractivity contribution < 1.29 is 8.42 Å². The van der Waals surface area contributed by atoms with E-state index in [-0.39, 0.29) is 11.4 Å². The molecule has 4 N–H and O–H groups in total. The second-order valence-electron chi connectivity index (χ2n) is 3.59. The number of hydrogen-bond acceptors (Lipinski definition) is 7. The van der Waals surface area contributed by atoms with Crippen molar-refractivity contribution in [3.8, 4) is 0 Å². The third-order valence-corrected chi connectivity index (χ3v) is 3.75. The monoisotopic (exact) mass is 283 g/mol. The molecule has 10 heteroatoms. The summed E-state index contributed by atoms with van der Waals surface area (Å²) in [5, 5.41) is 7.35. The molecule has 0 atom stereocenters. The molecule has 102 valence electrons. The number of nitrogens with two attached hydrogens (primary N) is 1. The lowest BCUT2D eigenvalue weighted by Gasteiger charge is -2.07. The highest BCUT2D eigenvalue weighted by Crippen LogP contribution is 2.09. The first-order chi connectivity index (χ1) is 9.12. The fraction of sp³-hybridized carbons (Fsp3) is 0.222. The van der Waals surface area contributed by atoms with Crippen LogP contribution in [-0.4, -0.2) is 34.9 Å². The summed E-state index contributed by atoms with van der Waals surface area (Å²) in [6.45, 7) is 0.609. The van der Waals surface area contributed by atoms with Gasteiger partial charge >= 0.3 is 0 Å². The van der Waals surface area contributed by atoms with Gasteiger partial charge in [-0.05, 0) is 12.1 Å². The van der Waals surface area contributed by atoms with E-state index in [1.165, 1.54) is 29.2 Å². The molecule has 0 aliphatic carbocycles. The predicted molar refractivity (Wildman–Crippen MR) is 67.3 cm³/mol. The van der Waals surface area contributed by atoms with Crippen LogP contribution in [0.3, 0.4) is 0 Å². The maximum atomic E-state index is 11.9. The van der Waals surface area contributed by atoms with Crippen molar-refractivity contribution >= 4 is 15.8 Å². The molecule has 2 heterocycles. The zero-order valence-electron chi connectivity index (χ0n) is 9.89. The second-order valence-corrected chi connectivity index (χ2v) is 5.35. The number of anilines is 1. The lowest BCUT2D eigenvalue weighted by molar-refractivity contribution is 0.552. The molecular formula is C9H13N7O2S. The number of pyridine rings is 1. The van der Waals surface area contributed by atoms with Gasteiger partial charge in [0.25, 0.3) is 0 Å². The van der Waals surface area contributed by atoms with Gasteiger partial charge in [0.1, 0.15) is 10.7 Å². The summed E-state index contributed by atoms with van der Waals surface area (Å²) >= 11 is 0. The molecule has 0 amide bonds. The summed E-state index contributed by atoms with van der Waals surface area (Å²) < 4.78 is 27.8. The van der Waals surface area contributed by atoms with Crippen LogP contribution >= 0.6 is 0 Å². The number of nitrogens with zero attached hydrogens (tertiary/aromatic N) is 4. The third-order valence-electron chi connectivity index (χ3n) is 2.30. The van der Waals surface area contributed by atoms with Crippen LogP contribution in [0.15, 0.2) is 35.6 Å². The minimum Gasteiger partial charge on any atom is -0.308 e. The topological polar surface area (TPSA) is 128 Å². The summed E-state index contributed by atoms with van der Waals surface area (Å²) in [5.74, 6) is 5.54. The highest BCUT2D eigenvalue weighted by Gasteiger charge is 2.13. The zero-order valence-corrected chi connectivity index (χ0v) is 10.7. The number of nitrogen functional groups attached to an aromatic ring is 1. The molecule has 0 unspecified atom stereocenters. The molecule has 0 aliphatic heterocycles. The van der Waals surface area contributed by atoms with Crippen LogP contribution in [0.25, 0.3) is 0 Å². The molecule has 0 aromatic carbocycles. The van der Waals surface area contributed by atoms with Crippen LogP contribution in [0, 0.1) is 0 Å². The van der Waals surface area contributed by atoms with Gasteiger partial charge in [0.05, 0.1) is 12.7 Å². The number of hydrogen-bond donors (Lipinski definition) is 3. The fourth-order valence-corrected chi connectivity index (χ4v) is 2.32. The Bertz CT molecular complexity index is 609. The van der Waals surface area contributed by atoms with E-state index in [1.54, 1.807) is 6.20 Å². The predicted octanol–water partition coefficient (Wildman–Crippen LogP) is -1.06. The zero-order chi connectivity index (χ0) is 13.7. The van der Waals surface area contributed by atoms with Gasteiger partial charge in [-0.25, -0.2) is 24.0 Å². The molecule has 2 rings (SSSR count). The summed E-state index contributed by atoms with van der Waals surface area (Å²) in [7, 11) is -3.58. The van der Waals surface area contributed by atoms with Crippen LogP contribution in [0.2, 0.25) is 0 Å². The van der Waals surface area contributed by atoms with Crippen molar-refractivity contribution in [2.24, 2.45) is 5.84 Å². The van der Waals surface area contributed by atoms with Crippen LogP contribution in [0.5, 0.6) is 0 Å². The molecule has 9 nitrogen and oxygen atoms in total. The first kappa shape index (κ1) is 13.4. The van der Waals surface area contributed by atoms with Gasteiger partial charge in [-0.3, -0.25) is 4.68 Å². The quantitative estimate of drug-likeness (QED) is 0.455. The smallest absolute Gasteiger partial charge is 0.242 e. The van der Waals surface area contributed by atoms with Crippen molar-refractivity contribution in [2.45, 2.75) is 11.4 Å². The summed E-state index contributed by atoms with van der Waals surface area (Å²) in [6.07, 6.45) is 4.40. The van der Waals surface area contributed by atoms with E-state index < -0.39 is 10.0 Å². The maximum absolute atomic E-state index is 11.9. The molecule has 0 aliphatic rings. The molecule has 0 spiro atoms. The molecule has 0 saturated carbocycles. The van der Waals surface area contributed by atoms with Crippen molar-refractivity contribution in [1.82, 2.24) is 24.7 Å². The minimum absolute atomic E-state index is 0.0742. The molecule has 0 bridgehead atoms. The molecule has 2 aromatic heterocycles. The second kappa shape index (κ2) is 5.73.